The molecular formula is C10H16O3. The van der Waals surface area contributed by atoms with E-state index in [1.165, 1.54) is 6.08 Å². The van der Waals surface area contributed by atoms with Crippen molar-refractivity contribution >= 4 is 5.97 Å². The first-order valence-electron chi connectivity index (χ1n) is 4.71. The highest BCUT2D eigenvalue weighted by Crippen LogP contribution is 2.20. The van der Waals surface area contributed by atoms with E-state index in [2.05, 4.69) is 13.5 Å². The summed E-state index contributed by atoms with van der Waals surface area (Å²) in [6, 6.07) is 0. The minimum atomic E-state index is -0.334. The Labute approximate surface area is 78.7 Å². The Morgan fingerprint density at radius 2 is 2.54 bits per heavy atom. The molecule has 74 valence electrons. The van der Waals surface area contributed by atoms with Crippen LogP contribution in [0.15, 0.2) is 12.7 Å². The molecule has 13 heavy (non-hydrogen) atoms. The van der Waals surface area contributed by atoms with Gasteiger partial charge in [-0.25, -0.2) is 4.79 Å². The van der Waals surface area contributed by atoms with Gasteiger partial charge in [0.05, 0.1) is 12.7 Å². The van der Waals surface area contributed by atoms with Crippen molar-refractivity contribution in [3.05, 3.63) is 12.7 Å². The quantitative estimate of drug-likeness (QED) is 0.358. The van der Waals surface area contributed by atoms with Crippen molar-refractivity contribution in [1.29, 1.82) is 0 Å². The summed E-state index contributed by atoms with van der Waals surface area (Å²) in [4.78, 5) is 10.9. The summed E-state index contributed by atoms with van der Waals surface area (Å²) in [5.74, 6) is -0.334. The van der Waals surface area contributed by atoms with E-state index < -0.39 is 0 Å². The normalized spacial score (nSPS) is 22.1. The van der Waals surface area contributed by atoms with Crippen LogP contribution in [-0.2, 0) is 14.3 Å². The first-order chi connectivity index (χ1) is 6.26. The number of hydrogen-bond acceptors (Lipinski definition) is 3. The average molecular weight is 184 g/mol. The Kier molecular flexibility index (Phi) is 3.96. The van der Waals surface area contributed by atoms with Gasteiger partial charge in [-0.05, 0) is 6.42 Å². The molecule has 0 bridgehead atoms. The third-order valence-corrected chi connectivity index (χ3v) is 1.99. The molecule has 0 saturated carbocycles. The molecule has 0 aromatic carbocycles. The van der Waals surface area contributed by atoms with Crippen molar-refractivity contribution in [3.63, 3.8) is 0 Å². The van der Waals surface area contributed by atoms with Crippen LogP contribution in [0.3, 0.4) is 0 Å². The predicted molar refractivity (Wildman–Crippen MR) is 49.3 cm³/mol. The monoisotopic (exact) mass is 184 g/mol. The molecule has 0 amide bonds. The molecule has 0 radical (unpaired) electrons. The zero-order chi connectivity index (χ0) is 9.68. The maximum Gasteiger partial charge on any atom is 0.330 e. The van der Waals surface area contributed by atoms with Crippen LogP contribution in [0.5, 0.6) is 0 Å². The lowest BCUT2D eigenvalue weighted by Crippen LogP contribution is -2.18. The Hall–Kier alpha value is -0.830. The molecule has 3 heteroatoms. The number of rotatable bonds is 6. The summed E-state index contributed by atoms with van der Waals surface area (Å²) < 4.78 is 10.2. The van der Waals surface area contributed by atoms with E-state index in [4.69, 9.17) is 9.47 Å². The van der Waals surface area contributed by atoms with Gasteiger partial charge in [0.2, 0.25) is 0 Å². The third-order valence-electron chi connectivity index (χ3n) is 1.99. The molecule has 1 rings (SSSR count). The van der Waals surface area contributed by atoms with Gasteiger partial charge < -0.3 is 9.47 Å². The highest BCUT2D eigenvalue weighted by Gasteiger charge is 2.27. The minimum Gasteiger partial charge on any atom is -0.459 e. The van der Waals surface area contributed by atoms with E-state index in [0.717, 1.165) is 25.9 Å². The van der Waals surface area contributed by atoms with Crippen LogP contribution in [0.1, 0.15) is 26.2 Å². The standard InChI is InChI=1S/C10H16O3/c1-3-5-8(6-9-7-12-9)13-10(11)4-2/h4,8-9H,2-3,5-7H2,1H3. The largest absolute Gasteiger partial charge is 0.459 e. The van der Waals surface area contributed by atoms with Gasteiger partial charge in [-0.15, -0.1) is 0 Å². The fourth-order valence-electron chi connectivity index (χ4n) is 1.26. The average Bonchev–Trinajstić information content (AvgIpc) is 2.88. The Morgan fingerprint density at radius 3 is 3.00 bits per heavy atom. The molecule has 0 spiro atoms. The lowest BCUT2D eigenvalue weighted by Gasteiger charge is -2.14. The molecule has 3 nitrogen and oxygen atoms in total. The van der Waals surface area contributed by atoms with Crippen LogP contribution in [-0.4, -0.2) is 24.8 Å². The van der Waals surface area contributed by atoms with Crippen LogP contribution in [0.25, 0.3) is 0 Å². The van der Waals surface area contributed by atoms with Gasteiger partial charge >= 0.3 is 5.97 Å². The summed E-state index contributed by atoms with van der Waals surface area (Å²) in [5.41, 5.74) is 0. The van der Waals surface area contributed by atoms with E-state index in [1.807, 2.05) is 0 Å². The fourth-order valence-corrected chi connectivity index (χ4v) is 1.26. The maximum absolute atomic E-state index is 10.9. The Morgan fingerprint density at radius 1 is 1.85 bits per heavy atom. The van der Waals surface area contributed by atoms with Crippen molar-refractivity contribution in [2.24, 2.45) is 0 Å². The predicted octanol–water partition coefficient (Wildman–Crippen LogP) is 1.67. The molecule has 1 heterocycles. The molecule has 1 aliphatic rings. The van der Waals surface area contributed by atoms with E-state index in [0.29, 0.717) is 6.10 Å². The third kappa shape index (κ3) is 4.08. The van der Waals surface area contributed by atoms with Crippen molar-refractivity contribution in [1.82, 2.24) is 0 Å². The van der Waals surface area contributed by atoms with Crippen LogP contribution < -0.4 is 0 Å². The van der Waals surface area contributed by atoms with E-state index in [-0.39, 0.29) is 12.1 Å². The summed E-state index contributed by atoms with van der Waals surface area (Å²) in [6.45, 7) is 6.25. The van der Waals surface area contributed by atoms with E-state index >= 15 is 0 Å². The number of esters is 1. The Bertz CT molecular complexity index is 185. The summed E-state index contributed by atoms with van der Waals surface area (Å²) in [7, 11) is 0. The summed E-state index contributed by atoms with van der Waals surface area (Å²) >= 11 is 0. The number of ether oxygens (including phenoxy) is 2. The number of carbonyl (C=O) groups is 1. The van der Waals surface area contributed by atoms with Crippen molar-refractivity contribution in [2.75, 3.05) is 6.61 Å². The van der Waals surface area contributed by atoms with E-state index in [9.17, 15) is 4.79 Å². The van der Waals surface area contributed by atoms with Gasteiger partial charge in [0.25, 0.3) is 0 Å². The lowest BCUT2D eigenvalue weighted by molar-refractivity contribution is -0.143. The van der Waals surface area contributed by atoms with E-state index in [1.54, 1.807) is 0 Å². The zero-order valence-corrected chi connectivity index (χ0v) is 7.99. The fraction of sp³-hybridized carbons (Fsp3) is 0.700. The maximum atomic E-state index is 10.9. The molecule has 1 saturated heterocycles. The number of carbonyl (C=O) groups excluding carboxylic acids is 1. The van der Waals surface area contributed by atoms with Gasteiger partial charge in [-0.1, -0.05) is 19.9 Å². The van der Waals surface area contributed by atoms with Gasteiger partial charge in [0, 0.05) is 12.5 Å². The van der Waals surface area contributed by atoms with Gasteiger partial charge in [-0.2, -0.15) is 0 Å². The SMILES string of the molecule is C=CC(=O)OC(CCC)CC1CO1. The van der Waals surface area contributed by atoms with Crippen LogP contribution in [0.4, 0.5) is 0 Å². The molecule has 0 aromatic rings. The molecule has 1 fully saturated rings. The molecule has 2 unspecified atom stereocenters. The highest BCUT2D eigenvalue weighted by molar-refractivity contribution is 5.81. The molecule has 2 atom stereocenters. The van der Waals surface area contributed by atoms with Crippen LogP contribution >= 0.6 is 0 Å². The van der Waals surface area contributed by atoms with Crippen LogP contribution in [0.2, 0.25) is 0 Å². The number of hydrogen-bond donors (Lipinski definition) is 0. The smallest absolute Gasteiger partial charge is 0.330 e. The zero-order valence-electron chi connectivity index (χ0n) is 7.99. The second-order valence-corrected chi connectivity index (χ2v) is 3.24. The minimum absolute atomic E-state index is 0.00278. The molecular weight excluding hydrogens is 168 g/mol. The van der Waals surface area contributed by atoms with Gasteiger partial charge in [0.1, 0.15) is 6.10 Å². The van der Waals surface area contributed by atoms with Crippen LogP contribution in [0, 0.1) is 0 Å². The van der Waals surface area contributed by atoms with Gasteiger partial charge in [-0.3, -0.25) is 0 Å². The van der Waals surface area contributed by atoms with Crippen molar-refractivity contribution < 1.29 is 14.3 Å². The molecule has 0 aliphatic carbocycles. The molecule has 1 aliphatic heterocycles. The van der Waals surface area contributed by atoms with Gasteiger partial charge in [0.15, 0.2) is 0 Å². The molecule has 0 aromatic heterocycles. The van der Waals surface area contributed by atoms with Crippen molar-refractivity contribution in [2.45, 2.75) is 38.4 Å². The number of epoxide rings is 1. The Balaban J connectivity index is 2.26. The van der Waals surface area contributed by atoms with Crippen molar-refractivity contribution in [3.8, 4) is 0 Å². The highest BCUT2D eigenvalue weighted by atomic mass is 16.6. The molecule has 0 N–H and O–H groups in total. The summed E-state index contributed by atoms with van der Waals surface area (Å²) in [6.07, 6.45) is 4.27. The first-order valence-corrected chi connectivity index (χ1v) is 4.71. The second-order valence-electron chi connectivity index (χ2n) is 3.24. The topological polar surface area (TPSA) is 38.8 Å². The lowest BCUT2D eigenvalue weighted by atomic mass is 10.1. The second kappa shape index (κ2) is 5.02. The first kappa shape index (κ1) is 10.3. The summed E-state index contributed by atoms with van der Waals surface area (Å²) in [5, 5.41) is 0.